The number of carbonyl (C=O) groups is 1. The molecule has 1 aliphatic heterocycles. The van der Waals surface area contributed by atoms with Gasteiger partial charge in [0.2, 0.25) is 5.91 Å². The van der Waals surface area contributed by atoms with Gasteiger partial charge in [0, 0.05) is 38.5 Å². The molecule has 0 spiro atoms. The lowest BCUT2D eigenvalue weighted by Gasteiger charge is -2.29. The van der Waals surface area contributed by atoms with Crippen LogP contribution in [0.4, 0.5) is 4.39 Å². The summed E-state index contributed by atoms with van der Waals surface area (Å²) in [6.07, 6.45) is 2.54. The summed E-state index contributed by atoms with van der Waals surface area (Å²) in [6, 6.07) is 12.5. The summed E-state index contributed by atoms with van der Waals surface area (Å²) in [6.45, 7) is 1.45. The number of rotatable bonds is 3. The average Bonchev–Trinajstić information content (AvgIpc) is 3.15. The van der Waals surface area contributed by atoms with E-state index in [4.69, 9.17) is 0 Å². The number of halogens is 1. The van der Waals surface area contributed by atoms with Crippen LogP contribution in [0.2, 0.25) is 0 Å². The third-order valence-electron chi connectivity index (χ3n) is 5.95. The normalized spacial score (nSPS) is 13.7. The molecule has 2 aromatic heterocycles. The topological polar surface area (TPSA) is 60.1 Å². The quantitative estimate of drug-likeness (QED) is 0.527. The first-order valence-corrected chi connectivity index (χ1v) is 10.0. The van der Waals surface area contributed by atoms with Crippen molar-refractivity contribution < 1.29 is 9.18 Å². The molecular formula is C23H21FN4O2. The molecule has 0 bridgehead atoms. The lowest BCUT2D eigenvalue weighted by atomic mass is 10.00. The van der Waals surface area contributed by atoms with Gasteiger partial charge in [0.25, 0.3) is 5.56 Å². The first kappa shape index (κ1) is 18.5. The Kier molecular flexibility index (Phi) is 4.38. The number of pyridine rings is 1. The van der Waals surface area contributed by atoms with Crippen LogP contribution in [0, 0.1) is 5.82 Å². The van der Waals surface area contributed by atoms with Gasteiger partial charge >= 0.3 is 0 Å². The molecule has 0 saturated carbocycles. The van der Waals surface area contributed by atoms with Crippen LogP contribution in [0.3, 0.4) is 0 Å². The monoisotopic (exact) mass is 404 g/mol. The Morgan fingerprint density at radius 3 is 2.77 bits per heavy atom. The zero-order valence-electron chi connectivity index (χ0n) is 16.6. The Morgan fingerprint density at radius 2 is 1.93 bits per heavy atom. The van der Waals surface area contributed by atoms with Crippen molar-refractivity contribution in [1.82, 2.24) is 19.2 Å². The van der Waals surface area contributed by atoms with Gasteiger partial charge in [-0.3, -0.25) is 14.3 Å². The van der Waals surface area contributed by atoms with Gasteiger partial charge in [0.05, 0.1) is 22.6 Å². The van der Waals surface area contributed by atoms with Crippen LogP contribution in [-0.4, -0.2) is 31.7 Å². The maximum absolute atomic E-state index is 14.0. The summed E-state index contributed by atoms with van der Waals surface area (Å²) in [4.78, 5) is 27.8. The van der Waals surface area contributed by atoms with E-state index in [-0.39, 0.29) is 24.4 Å². The highest BCUT2D eigenvalue weighted by Crippen LogP contribution is 2.24. The van der Waals surface area contributed by atoms with Gasteiger partial charge in [-0.2, -0.15) is 5.10 Å². The van der Waals surface area contributed by atoms with Crippen LogP contribution in [0.1, 0.15) is 17.5 Å². The van der Waals surface area contributed by atoms with Crippen LogP contribution < -0.4 is 5.56 Å². The van der Waals surface area contributed by atoms with Crippen LogP contribution in [0.15, 0.2) is 53.5 Å². The van der Waals surface area contributed by atoms with Crippen molar-refractivity contribution in [2.24, 2.45) is 7.05 Å². The first-order chi connectivity index (χ1) is 14.5. The summed E-state index contributed by atoms with van der Waals surface area (Å²) < 4.78 is 17.1. The Balaban J connectivity index is 1.47. The maximum Gasteiger partial charge on any atom is 0.262 e. The molecule has 4 aromatic rings. The summed E-state index contributed by atoms with van der Waals surface area (Å²) in [7, 11) is 1.76. The number of aryl methyl sites for hydroxylation is 2. The second-order valence-electron chi connectivity index (χ2n) is 7.73. The molecular weight excluding hydrogens is 383 g/mol. The highest BCUT2D eigenvalue weighted by atomic mass is 19.1. The van der Waals surface area contributed by atoms with Crippen molar-refractivity contribution in [2.75, 3.05) is 6.54 Å². The predicted molar refractivity (Wildman–Crippen MR) is 113 cm³/mol. The first-order valence-electron chi connectivity index (χ1n) is 10.0. The fourth-order valence-electron chi connectivity index (χ4n) is 4.39. The van der Waals surface area contributed by atoms with E-state index in [1.807, 2.05) is 23.1 Å². The van der Waals surface area contributed by atoms with E-state index >= 15 is 0 Å². The Hall–Kier alpha value is -3.48. The van der Waals surface area contributed by atoms with Crippen LogP contribution >= 0.6 is 0 Å². The highest BCUT2D eigenvalue weighted by molar-refractivity contribution is 6.03. The number of amides is 1. The molecule has 0 fully saturated rings. The van der Waals surface area contributed by atoms with E-state index in [2.05, 4.69) is 11.2 Å². The standard InChI is InChI=1S/C23H21FN4O2/c1-26-22-18-7-6-17(24)12-20(18)28(23(30)19(22)13-25-26)11-9-21(29)27-10-8-15-4-2-3-5-16(15)14-27/h2-7,12-13H,8-11,14H2,1H3. The van der Waals surface area contributed by atoms with E-state index in [9.17, 15) is 14.0 Å². The zero-order chi connectivity index (χ0) is 20.8. The van der Waals surface area contributed by atoms with Gasteiger partial charge in [0.15, 0.2) is 0 Å². The van der Waals surface area contributed by atoms with Gasteiger partial charge in [-0.25, -0.2) is 4.39 Å². The van der Waals surface area contributed by atoms with Crippen molar-refractivity contribution >= 4 is 27.7 Å². The Bertz CT molecular complexity index is 1350. The number of hydrogen-bond acceptors (Lipinski definition) is 3. The maximum atomic E-state index is 14.0. The number of nitrogens with zero attached hydrogens (tertiary/aromatic N) is 4. The molecule has 0 aliphatic carbocycles. The number of hydrogen-bond donors (Lipinski definition) is 0. The predicted octanol–water partition coefficient (Wildman–Crippen LogP) is 3.00. The lowest BCUT2D eigenvalue weighted by Crippen LogP contribution is -2.36. The summed E-state index contributed by atoms with van der Waals surface area (Å²) in [5.41, 5.74) is 3.34. The van der Waals surface area contributed by atoms with Gasteiger partial charge in [-0.1, -0.05) is 24.3 Å². The van der Waals surface area contributed by atoms with Crippen LogP contribution in [-0.2, 0) is 31.4 Å². The molecule has 0 unspecified atom stereocenters. The van der Waals surface area contributed by atoms with E-state index < -0.39 is 5.82 Å². The van der Waals surface area contributed by atoms with Crippen LogP contribution in [0.5, 0.6) is 0 Å². The molecule has 152 valence electrons. The van der Waals surface area contributed by atoms with Crippen LogP contribution in [0.25, 0.3) is 21.8 Å². The smallest absolute Gasteiger partial charge is 0.262 e. The molecule has 6 nitrogen and oxygen atoms in total. The molecule has 0 N–H and O–H groups in total. The van der Waals surface area contributed by atoms with Crippen molar-refractivity contribution in [3.63, 3.8) is 0 Å². The second kappa shape index (κ2) is 7.09. The number of fused-ring (bicyclic) bond motifs is 4. The van der Waals surface area contributed by atoms with E-state index in [0.29, 0.717) is 29.5 Å². The van der Waals surface area contributed by atoms with E-state index in [1.54, 1.807) is 17.8 Å². The van der Waals surface area contributed by atoms with E-state index in [1.165, 1.54) is 34.0 Å². The van der Waals surface area contributed by atoms with Gasteiger partial charge in [-0.15, -0.1) is 0 Å². The largest absolute Gasteiger partial charge is 0.338 e. The zero-order valence-corrected chi connectivity index (χ0v) is 16.6. The molecule has 5 rings (SSSR count). The number of carbonyl (C=O) groups excluding carboxylic acids is 1. The molecule has 0 saturated heterocycles. The third kappa shape index (κ3) is 2.98. The van der Waals surface area contributed by atoms with Crippen molar-refractivity contribution in [1.29, 1.82) is 0 Å². The minimum atomic E-state index is -0.420. The Morgan fingerprint density at radius 1 is 1.13 bits per heavy atom. The number of aromatic nitrogens is 3. The third-order valence-corrected chi connectivity index (χ3v) is 5.95. The van der Waals surface area contributed by atoms with Crippen molar-refractivity contribution in [3.05, 3.63) is 76.0 Å². The van der Waals surface area contributed by atoms with Gasteiger partial charge in [-0.05, 0) is 35.7 Å². The fraction of sp³-hybridized carbons (Fsp3) is 0.261. The summed E-state index contributed by atoms with van der Waals surface area (Å²) in [5, 5.41) is 5.40. The van der Waals surface area contributed by atoms with E-state index in [0.717, 1.165) is 11.8 Å². The van der Waals surface area contributed by atoms with Gasteiger partial charge in [0.1, 0.15) is 5.82 Å². The molecule has 1 aliphatic rings. The highest BCUT2D eigenvalue weighted by Gasteiger charge is 2.21. The minimum Gasteiger partial charge on any atom is -0.338 e. The molecule has 1 amide bonds. The summed E-state index contributed by atoms with van der Waals surface area (Å²) >= 11 is 0. The molecule has 7 heteroatoms. The van der Waals surface area contributed by atoms with Crippen molar-refractivity contribution in [2.45, 2.75) is 25.9 Å². The molecule has 0 radical (unpaired) electrons. The van der Waals surface area contributed by atoms with Gasteiger partial charge < -0.3 is 9.47 Å². The number of benzene rings is 2. The SMILES string of the molecule is Cn1ncc2c(=O)n(CCC(=O)N3CCc4ccccc4C3)c3cc(F)ccc3c21. The average molecular weight is 404 g/mol. The Labute approximate surface area is 172 Å². The molecule has 3 heterocycles. The molecule has 2 aromatic carbocycles. The second-order valence-corrected chi connectivity index (χ2v) is 7.73. The molecule has 0 atom stereocenters. The fourth-order valence-corrected chi connectivity index (χ4v) is 4.39. The molecule has 30 heavy (non-hydrogen) atoms. The lowest BCUT2D eigenvalue weighted by molar-refractivity contribution is -0.132. The minimum absolute atomic E-state index is 0.00719. The van der Waals surface area contributed by atoms with Crippen molar-refractivity contribution in [3.8, 4) is 0 Å². The summed E-state index contributed by atoms with van der Waals surface area (Å²) in [5.74, 6) is -0.427.